The number of carbonyl (C=O) groups is 3. The largest absolute Gasteiger partial charge is 0.450 e. The summed E-state index contributed by atoms with van der Waals surface area (Å²) in [4.78, 5) is 38.8. The van der Waals surface area contributed by atoms with Gasteiger partial charge in [-0.2, -0.15) is 5.10 Å². The maximum Gasteiger partial charge on any atom is 0.380 e. The van der Waals surface area contributed by atoms with Gasteiger partial charge in [0.1, 0.15) is 0 Å². The molecule has 0 unspecified atom stereocenters. The Bertz CT molecular complexity index is 1130. The highest BCUT2D eigenvalue weighted by Gasteiger charge is 2.27. The molecule has 3 rings (SSSR count). The second kappa shape index (κ2) is 9.70. The van der Waals surface area contributed by atoms with Crippen molar-refractivity contribution in [3.63, 3.8) is 0 Å². The minimum absolute atomic E-state index is 0.183. The minimum atomic E-state index is -1.08. The Kier molecular flexibility index (Phi) is 7.02. The van der Waals surface area contributed by atoms with Crippen molar-refractivity contribution in [2.75, 3.05) is 13.7 Å². The normalized spacial score (nSPS) is 10.6. The lowest BCUT2D eigenvalue weighted by Gasteiger charge is -2.18. The highest BCUT2D eigenvalue weighted by molar-refractivity contribution is 9.10. The molecule has 0 fully saturated rings. The molecule has 1 heterocycles. The summed E-state index contributed by atoms with van der Waals surface area (Å²) in [6, 6.07) is 16.8. The molecule has 8 heteroatoms. The Balaban J connectivity index is 1.65. The van der Waals surface area contributed by atoms with Crippen LogP contribution in [0.3, 0.4) is 0 Å². The molecule has 0 spiro atoms. The summed E-state index contributed by atoms with van der Waals surface area (Å²) < 4.78 is 7.49. The van der Waals surface area contributed by atoms with Gasteiger partial charge >= 0.3 is 5.97 Å². The molecule has 0 aliphatic carbocycles. The number of amides is 1. The van der Waals surface area contributed by atoms with Gasteiger partial charge in [-0.05, 0) is 37.6 Å². The fourth-order valence-corrected chi connectivity index (χ4v) is 3.58. The topological polar surface area (TPSA) is 81.5 Å². The number of halogens is 1. The van der Waals surface area contributed by atoms with Crippen molar-refractivity contribution in [2.45, 2.75) is 20.4 Å². The highest BCUT2D eigenvalue weighted by atomic mass is 79.9. The Morgan fingerprint density at radius 3 is 2.35 bits per heavy atom. The van der Waals surface area contributed by atoms with Gasteiger partial charge in [0.2, 0.25) is 0 Å². The van der Waals surface area contributed by atoms with Crippen molar-refractivity contribution in [1.29, 1.82) is 0 Å². The number of para-hydroxylation sites is 1. The van der Waals surface area contributed by atoms with Crippen LogP contribution in [0.4, 0.5) is 0 Å². The van der Waals surface area contributed by atoms with E-state index in [9.17, 15) is 14.4 Å². The number of hydrogen-bond donors (Lipinski definition) is 0. The fourth-order valence-electron chi connectivity index (χ4n) is 3.17. The number of carbonyl (C=O) groups excluding carboxylic acids is 3. The Labute approximate surface area is 188 Å². The molecule has 31 heavy (non-hydrogen) atoms. The van der Waals surface area contributed by atoms with Crippen LogP contribution >= 0.6 is 15.9 Å². The van der Waals surface area contributed by atoms with Crippen LogP contribution in [0.2, 0.25) is 0 Å². The number of esters is 1. The van der Waals surface area contributed by atoms with Crippen molar-refractivity contribution in [2.24, 2.45) is 0 Å². The molecule has 0 saturated carbocycles. The monoisotopic (exact) mass is 483 g/mol. The van der Waals surface area contributed by atoms with Crippen molar-refractivity contribution in [1.82, 2.24) is 14.7 Å². The van der Waals surface area contributed by atoms with Gasteiger partial charge in [-0.25, -0.2) is 9.48 Å². The maximum absolute atomic E-state index is 12.7. The second-order valence-corrected chi connectivity index (χ2v) is 7.89. The molecule has 1 amide bonds. The molecule has 3 aromatic rings. The van der Waals surface area contributed by atoms with Crippen molar-refractivity contribution >= 4 is 33.6 Å². The Morgan fingerprint density at radius 2 is 1.68 bits per heavy atom. The zero-order chi connectivity index (χ0) is 22.5. The maximum atomic E-state index is 12.7. The first-order valence-corrected chi connectivity index (χ1v) is 10.4. The van der Waals surface area contributed by atoms with E-state index in [0.29, 0.717) is 17.9 Å². The van der Waals surface area contributed by atoms with Crippen LogP contribution in [0.5, 0.6) is 0 Å². The molecule has 0 aliphatic heterocycles. The Morgan fingerprint density at radius 1 is 1.03 bits per heavy atom. The first-order valence-electron chi connectivity index (χ1n) is 9.60. The summed E-state index contributed by atoms with van der Waals surface area (Å²) in [5.74, 6) is -2.31. The fraction of sp³-hybridized carbons (Fsp3) is 0.217. The standard InChI is InChI=1S/C23H22BrN3O4/c1-15-21(16(2)27(25-15)18-10-5-4-6-11-18)22(29)23(30)31-14-20(28)26(3)13-17-9-7-8-12-19(17)24/h4-12H,13-14H2,1-3H3. The third-order valence-corrected chi connectivity index (χ3v) is 5.60. The van der Waals surface area contributed by atoms with Crippen LogP contribution < -0.4 is 0 Å². The number of ether oxygens (including phenoxy) is 1. The summed E-state index contributed by atoms with van der Waals surface area (Å²) in [7, 11) is 1.61. The summed E-state index contributed by atoms with van der Waals surface area (Å²) >= 11 is 3.44. The van der Waals surface area contributed by atoms with E-state index in [2.05, 4.69) is 21.0 Å². The number of hydrogen-bond acceptors (Lipinski definition) is 5. The molecule has 0 N–H and O–H groups in total. The van der Waals surface area contributed by atoms with Gasteiger partial charge in [0.25, 0.3) is 11.7 Å². The van der Waals surface area contributed by atoms with Gasteiger partial charge < -0.3 is 9.64 Å². The number of rotatable bonds is 7. The molecule has 7 nitrogen and oxygen atoms in total. The number of Topliss-reactive ketones (excluding diaryl/α,β-unsaturated/α-hetero) is 1. The molecule has 160 valence electrons. The van der Waals surface area contributed by atoms with E-state index in [4.69, 9.17) is 4.74 Å². The number of aryl methyl sites for hydroxylation is 1. The lowest BCUT2D eigenvalue weighted by Crippen LogP contribution is -2.32. The lowest BCUT2D eigenvalue weighted by atomic mass is 10.1. The third-order valence-electron chi connectivity index (χ3n) is 4.82. The van der Waals surface area contributed by atoms with Crippen LogP contribution in [-0.2, 0) is 20.9 Å². The van der Waals surface area contributed by atoms with Gasteiger partial charge in [0.15, 0.2) is 6.61 Å². The summed E-state index contributed by atoms with van der Waals surface area (Å²) in [5, 5.41) is 4.37. The molecular formula is C23H22BrN3O4. The van der Waals surface area contributed by atoms with Gasteiger partial charge in [-0.1, -0.05) is 52.3 Å². The van der Waals surface area contributed by atoms with E-state index < -0.39 is 24.3 Å². The van der Waals surface area contributed by atoms with Gasteiger partial charge in [-0.15, -0.1) is 0 Å². The molecule has 2 aromatic carbocycles. The zero-order valence-electron chi connectivity index (χ0n) is 17.5. The summed E-state index contributed by atoms with van der Waals surface area (Å²) in [5.41, 5.74) is 2.83. The molecule has 0 saturated heterocycles. The first kappa shape index (κ1) is 22.4. The third kappa shape index (κ3) is 5.08. The number of aromatic nitrogens is 2. The first-order chi connectivity index (χ1) is 14.8. The minimum Gasteiger partial charge on any atom is -0.450 e. The smallest absolute Gasteiger partial charge is 0.380 e. The van der Waals surface area contributed by atoms with E-state index in [1.165, 1.54) is 4.90 Å². The van der Waals surface area contributed by atoms with Crippen molar-refractivity contribution < 1.29 is 19.1 Å². The van der Waals surface area contributed by atoms with Gasteiger partial charge in [0, 0.05) is 18.1 Å². The van der Waals surface area contributed by atoms with E-state index in [-0.39, 0.29) is 5.56 Å². The second-order valence-electron chi connectivity index (χ2n) is 7.04. The number of ketones is 1. The predicted molar refractivity (Wildman–Crippen MR) is 119 cm³/mol. The zero-order valence-corrected chi connectivity index (χ0v) is 19.0. The van der Waals surface area contributed by atoms with Crippen LogP contribution in [0.15, 0.2) is 59.1 Å². The number of likely N-dealkylation sites (N-methyl/N-ethyl adjacent to an activating group) is 1. The van der Waals surface area contributed by atoms with Crippen LogP contribution in [0, 0.1) is 13.8 Å². The SMILES string of the molecule is Cc1nn(-c2ccccc2)c(C)c1C(=O)C(=O)OCC(=O)N(C)Cc1ccccc1Br. The van der Waals surface area contributed by atoms with E-state index in [1.807, 2.05) is 54.6 Å². The quantitative estimate of drug-likeness (QED) is 0.291. The Hall–Kier alpha value is -3.26. The van der Waals surface area contributed by atoms with Gasteiger partial charge in [0.05, 0.1) is 22.6 Å². The van der Waals surface area contributed by atoms with Crippen molar-refractivity contribution in [3.8, 4) is 5.69 Å². The average molecular weight is 484 g/mol. The molecule has 0 aliphatic rings. The molecular weight excluding hydrogens is 462 g/mol. The molecule has 0 bridgehead atoms. The highest BCUT2D eigenvalue weighted by Crippen LogP contribution is 2.19. The van der Waals surface area contributed by atoms with Crippen LogP contribution in [-0.4, -0.2) is 46.0 Å². The summed E-state index contributed by atoms with van der Waals surface area (Å²) in [6.45, 7) is 3.19. The lowest BCUT2D eigenvalue weighted by molar-refractivity contribution is -0.147. The predicted octanol–water partition coefficient (Wildman–Crippen LogP) is 3.64. The number of benzene rings is 2. The van der Waals surface area contributed by atoms with E-state index >= 15 is 0 Å². The van der Waals surface area contributed by atoms with Crippen molar-refractivity contribution in [3.05, 3.63) is 81.6 Å². The van der Waals surface area contributed by atoms with Gasteiger partial charge in [-0.3, -0.25) is 9.59 Å². The van der Waals surface area contributed by atoms with E-state index in [0.717, 1.165) is 15.7 Å². The summed E-state index contributed by atoms with van der Waals surface area (Å²) in [6.07, 6.45) is 0. The van der Waals surface area contributed by atoms with E-state index in [1.54, 1.807) is 25.6 Å². The van der Waals surface area contributed by atoms with Crippen LogP contribution in [0.25, 0.3) is 5.69 Å². The molecule has 0 atom stereocenters. The number of nitrogens with zero attached hydrogens (tertiary/aromatic N) is 3. The average Bonchev–Trinajstić information content (AvgIpc) is 3.07. The molecule has 1 aromatic heterocycles. The molecule has 0 radical (unpaired) electrons. The van der Waals surface area contributed by atoms with Crippen LogP contribution in [0.1, 0.15) is 27.3 Å².